The summed E-state index contributed by atoms with van der Waals surface area (Å²) in [4.78, 5) is 23.6. The minimum atomic E-state index is -0.807. The first kappa shape index (κ1) is 13.5. The van der Waals surface area contributed by atoms with Crippen LogP contribution in [0.2, 0.25) is 0 Å². The van der Waals surface area contributed by atoms with E-state index in [1.165, 1.54) is 11.3 Å². The van der Waals surface area contributed by atoms with E-state index in [1.807, 2.05) is 23.6 Å². The Kier molecular flexibility index (Phi) is 4.12. The molecule has 1 unspecified atom stereocenters. The van der Waals surface area contributed by atoms with Gasteiger partial charge in [-0.3, -0.25) is 9.59 Å². The Morgan fingerprint density at radius 2 is 1.89 bits per heavy atom. The van der Waals surface area contributed by atoms with E-state index in [-0.39, 0.29) is 5.78 Å². The van der Waals surface area contributed by atoms with Crippen LogP contribution in [-0.4, -0.2) is 16.9 Å². The molecule has 0 aliphatic rings. The smallest absolute Gasteiger partial charge is 0.306 e. The van der Waals surface area contributed by atoms with Crippen molar-refractivity contribution in [2.45, 2.75) is 13.3 Å². The van der Waals surface area contributed by atoms with Gasteiger partial charge in [0.05, 0.1) is 10.8 Å². The number of ketones is 1. The monoisotopic (exact) mass is 274 g/mol. The summed E-state index contributed by atoms with van der Waals surface area (Å²) in [6, 6.07) is 10.8. The minimum absolute atomic E-state index is 0.00725. The predicted molar refractivity (Wildman–Crippen MR) is 74.7 cm³/mol. The van der Waals surface area contributed by atoms with Gasteiger partial charge in [-0.2, -0.15) is 0 Å². The van der Waals surface area contributed by atoms with E-state index in [0.29, 0.717) is 16.9 Å². The highest BCUT2D eigenvalue weighted by atomic mass is 32.1. The summed E-state index contributed by atoms with van der Waals surface area (Å²) in [7, 11) is 0. The summed E-state index contributed by atoms with van der Waals surface area (Å²) in [5.41, 5.74) is 1.56. The highest BCUT2D eigenvalue weighted by Gasteiger charge is 2.13. The molecule has 0 aliphatic carbocycles. The lowest BCUT2D eigenvalue weighted by Gasteiger charge is -2.06. The molecule has 0 amide bonds. The predicted octanol–water partition coefficient (Wildman–Crippen LogP) is 3.24. The van der Waals surface area contributed by atoms with Crippen molar-refractivity contribution in [3.05, 3.63) is 57.8 Å². The maximum Gasteiger partial charge on any atom is 0.306 e. The van der Waals surface area contributed by atoms with Gasteiger partial charge >= 0.3 is 5.97 Å². The van der Waals surface area contributed by atoms with Crippen molar-refractivity contribution >= 4 is 23.1 Å². The van der Waals surface area contributed by atoms with Crippen LogP contribution in [0.5, 0.6) is 0 Å². The Morgan fingerprint density at radius 1 is 1.21 bits per heavy atom. The van der Waals surface area contributed by atoms with Gasteiger partial charge in [-0.25, -0.2) is 0 Å². The average Bonchev–Trinajstić information content (AvgIpc) is 2.92. The zero-order valence-corrected chi connectivity index (χ0v) is 11.3. The fourth-order valence-corrected chi connectivity index (χ4v) is 2.47. The normalized spacial score (nSPS) is 12.1. The molecule has 0 saturated carbocycles. The van der Waals surface area contributed by atoms with Gasteiger partial charge in [0, 0.05) is 5.56 Å². The number of carboxylic acids is 1. The van der Waals surface area contributed by atoms with Gasteiger partial charge in [0.1, 0.15) is 0 Å². The Hall–Kier alpha value is -1.94. The van der Waals surface area contributed by atoms with E-state index >= 15 is 0 Å². The average molecular weight is 274 g/mol. The maximum absolute atomic E-state index is 12.1. The van der Waals surface area contributed by atoms with Crippen molar-refractivity contribution in [2.75, 3.05) is 0 Å². The van der Waals surface area contributed by atoms with Crippen LogP contribution >= 0.6 is 11.3 Å². The second-order valence-electron chi connectivity index (χ2n) is 4.45. The molecule has 0 saturated heterocycles. The zero-order chi connectivity index (χ0) is 13.8. The van der Waals surface area contributed by atoms with E-state index in [4.69, 9.17) is 5.11 Å². The number of rotatable bonds is 5. The lowest BCUT2D eigenvalue weighted by molar-refractivity contribution is -0.141. The van der Waals surface area contributed by atoms with Crippen molar-refractivity contribution in [3.8, 4) is 0 Å². The fraction of sp³-hybridized carbons (Fsp3) is 0.200. The van der Waals surface area contributed by atoms with Crippen LogP contribution < -0.4 is 0 Å². The maximum atomic E-state index is 12.1. The van der Waals surface area contributed by atoms with Gasteiger partial charge in [-0.15, -0.1) is 11.3 Å². The summed E-state index contributed by atoms with van der Waals surface area (Å²) in [5.74, 6) is -1.22. The van der Waals surface area contributed by atoms with Crippen LogP contribution in [0.1, 0.15) is 27.7 Å². The number of carbonyl (C=O) groups excluding carboxylic acids is 1. The molecule has 98 valence electrons. The summed E-state index contributed by atoms with van der Waals surface area (Å²) >= 11 is 1.42. The molecule has 19 heavy (non-hydrogen) atoms. The Balaban J connectivity index is 2.10. The number of aliphatic carboxylic acids is 1. The van der Waals surface area contributed by atoms with Crippen molar-refractivity contribution < 1.29 is 14.7 Å². The first-order chi connectivity index (χ1) is 9.08. The fourth-order valence-electron chi connectivity index (χ4n) is 1.78. The van der Waals surface area contributed by atoms with E-state index < -0.39 is 11.9 Å². The number of hydrogen-bond acceptors (Lipinski definition) is 3. The van der Waals surface area contributed by atoms with Crippen LogP contribution in [0.4, 0.5) is 0 Å². The topological polar surface area (TPSA) is 54.4 Å². The van der Waals surface area contributed by atoms with Gasteiger partial charge < -0.3 is 5.11 Å². The largest absolute Gasteiger partial charge is 0.481 e. The summed E-state index contributed by atoms with van der Waals surface area (Å²) in [6.45, 7) is 1.67. The number of thiophene rings is 1. The molecule has 3 nitrogen and oxygen atoms in total. The number of carboxylic acid groups (broad SMARTS) is 1. The Bertz CT molecular complexity index is 570. The van der Waals surface area contributed by atoms with E-state index in [1.54, 1.807) is 25.1 Å². The van der Waals surface area contributed by atoms with Crippen molar-refractivity contribution in [1.82, 2.24) is 0 Å². The van der Waals surface area contributed by atoms with Crippen LogP contribution in [0, 0.1) is 5.92 Å². The second-order valence-corrected chi connectivity index (χ2v) is 5.39. The molecule has 1 atom stereocenters. The Labute approximate surface area is 115 Å². The molecular formula is C15H14O3S. The van der Waals surface area contributed by atoms with Gasteiger partial charge in [0.25, 0.3) is 0 Å². The first-order valence-corrected chi connectivity index (χ1v) is 6.86. The lowest BCUT2D eigenvalue weighted by Crippen LogP contribution is -2.12. The molecule has 1 aromatic heterocycles. The highest BCUT2D eigenvalue weighted by molar-refractivity contribution is 7.12. The molecule has 2 aromatic rings. The minimum Gasteiger partial charge on any atom is -0.481 e. The summed E-state index contributed by atoms with van der Waals surface area (Å²) < 4.78 is 0. The third-order valence-electron chi connectivity index (χ3n) is 2.92. The molecule has 0 aliphatic heterocycles. The third kappa shape index (κ3) is 3.29. The zero-order valence-electron chi connectivity index (χ0n) is 10.5. The van der Waals surface area contributed by atoms with Gasteiger partial charge in [0.15, 0.2) is 0 Å². The lowest BCUT2D eigenvalue weighted by atomic mass is 9.99. The molecule has 0 radical (unpaired) electrons. The van der Waals surface area contributed by atoms with Crippen LogP contribution in [0.15, 0.2) is 41.8 Å². The van der Waals surface area contributed by atoms with Gasteiger partial charge in [-0.1, -0.05) is 37.3 Å². The van der Waals surface area contributed by atoms with Crippen LogP contribution in [0.25, 0.3) is 0 Å². The third-order valence-corrected chi connectivity index (χ3v) is 3.79. The molecule has 1 aromatic carbocycles. The van der Waals surface area contributed by atoms with E-state index in [2.05, 4.69) is 0 Å². The number of carbonyl (C=O) groups is 2. The quantitative estimate of drug-likeness (QED) is 0.851. The first-order valence-electron chi connectivity index (χ1n) is 5.98. The second kappa shape index (κ2) is 5.80. The molecule has 0 fully saturated rings. The van der Waals surface area contributed by atoms with Gasteiger partial charge in [0.2, 0.25) is 5.78 Å². The van der Waals surface area contributed by atoms with Crippen molar-refractivity contribution in [3.63, 3.8) is 0 Å². The number of hydrogen-bond donors (Lipinski definition) is 1. The summed E-state index contributed by atoms with van der Waals surface area (Å²) in [6.07, 6.45) is 0.475. The van der Waals surface area contributed by atoms with Crippen LogP contribution in [0.3, 0.4) is 0 Å². The van der Waals surface area contributed by atoms with Crippen molar-refractivity contribution in [1.29, 1.82) is 0 Å². The van der Waals surface area contributed by atoms with E-state index in [0.717, 1.165) is 5.56 Å². The highest BCUT2D eigenvalue weighted by Crippen LogP contribution is 2.16. The van der Waals surface area contributed by atoms with Gasteiger partial charge in [-0.05, 0) is 23.4 Å². The van der Waals surface area contributed by atoms with E-state index in [9.17, 15) is 9.59 Å². The summed E-state index contributed by atoms with van der Waals surface area (Å²) in [5, 5.41) is 10.7. The molecule has 2 rings (SSSR count). The molecule has 0 bridgehead atoms. The standard InChI is InChI=1S/C15H14O3S/c1-10(15(17)18)9-11-4-6-12(7-5-11)14(16)13-3-2-8-19-13/h2-8,10H,9H2,1H3,(H,17,18). The van der Waals surface area contributed by atoms with Crippen LogP contribution in [-0.2, 0) is 11.2 Å². The molecule has 1 N–H and O–H groups in total. The molecule has 0 spiro atoms. The Morgan fingerprint density at radius 3 is 2.42 bits per heavy atom. The van der Waals surface area contributed by atoms with Crippen molar-refractivity contribution in [2.24, 2.45) is 5.92 Å². The molecular weight excluding hydrogens is 260 g/mol. The molecule has 1 heterocycles. The molecule has 4 heteroatoms. The SMILES string of the molecule is CC(Cc1ccc(C(=O)c2cccs2)cc1)C(=O)O. The number of benzene rings is 1.